The second-order valence-electron chi connectivity index (χ2n) is 17.3. The van der Waals surface area contributed by atoms with E-state index in [1.807, 2.05) is 0 Å². The van der Waals surface area contributed by atoms with Crippen molar-refractivity contribution in [3.8, 4) is 5.75 Å². The van der Waals surface area contributed by atoms with E-state index in [1.54, 1.807) is 13.8 Å². The molecule has 26 heteroatoms. The summed E-state index contributed by atoms with van der Waals surface area (Å²) in [6.45, 7) is 2.73. The fourth-order valence-electron chi connectivity index (χ4n) is 7.41. The van der Waals surface area contributed by atoms with Crippen LogP contribution >= 0.6 is 0 Å². The van der Waals surface area contributed by atoms with E-state index in [0.29, 0.717) is 57.1 Å². The van der Waals surface area contributed by atoms with Gasteiger partial charge in [0.05, 0.1) is 26.3 Å². The molecule has 0 aromatic heterocycles. The van der Waals surface area contributed by atoms with Crippen molar-refractivity contribution >= 4 is 59.1 Å². The molecule has 0 bridgehead atoms. The number of phenolic OH excluding ortho intramolecular Hbond substituents is 1. The Kier molecular flexibility index (Phi) is 27.1. The van der Waals surface area contributed by atoms with Crippen molar-refractivity contribution in [1.29, 1.82) is 0 Å². The fourth-order valence-corrected chi connectivity index (χ4v) is 7.41. The van der Waals surface area contributed by atoms with Gasteiger partial charge < -0.3 is 85.1 Å². The van der Waals surface area contributed by atoms with E-state index in [9.17, 15) is 68.4 Å². The second kappa shape index (κ2) is 31.7. The number of benzene rings is 1. The van der Waals surface area contributed by atoms with E-state index < -0.39 is 133 Å². The average molecular weight is 1010 g/mol. The van der Waals surface area contributed by atoms with Gasteiger partial charge in [0.25, 0.3) is 0 Å². The van der Waals surface area contributed by atoms with Gasteiger partial charge in [0.15, 0.2) is 0 Å². The zero-order chi connectivity index (χ0) is 53.2. The first-order chi connectivity index (χ1) is 33.7. The molecule has 0 spiro atoms. The third-order valence-electron chi connectivity index (χ3n) is 11.8. The standard InChI is InChI=1S/C45H74N12O14/c1-4-25(2)37(44(69)54-32(23-58)42(67)53-29(10-5-7-17-46)39(64)52-30(11-6-8-18-47)40(65)55-33(24-59)45(70)71)56-41(66)31(20-27-13-15-28(60)16-14-27)51-35(61)22-49-38(63)26(3)50-43(68)34-12-9-19-57(34)36(62)21-48/h13-16,25-26,29-34,37,58-60H,4-12,17-24,46-48H2,1-3H3,(H,49,63)(H,50,68)(H,51,61)(H,52,64)(H,53,67)(H,54,69)(H,55,65)(H,56,66)(H,70,71)/t25-,26-,29-,30-,31-,32-,33-,34-,37-/m0/s1. The third kappa shape index (κ3) is 20.4. The van der Waals surface area contributed by atoms with Crippen LogP contribution in [0.15, 0.2) is 24.3 Å². The summed E-state index contributed by atoms with van der Waals surface area (Å²) in [5.74, 6) is -9.36. The molecule has 1 aromatic carbocycles. The average Bonchev–Trinajstić information content (AvgIpc) is 3.85. The lowest BCUT2D eigenvalue weighted by Gasteiger charge is -2.29. The molecule has 1 saturated heterocycles. The molecule has 1 heterocycles. The molecule has 1 fully saturated rings. The van der Waals surface area contributed by atoms with Crippen LogP contribution in [0.5, 0.6) is 5.75 Å². The lowest BCUT2D eigenvalue weighted by Crippen LogP contribution is -2.61. The Morgan fingerprint density at radius 1 is 0.662 bits per heavy atom. The van der Waals surface area contributed by atoms with Crippen LogP contribution in [0.2, 0.25) is 0 Å². The molecule has 1 aliphatic heterocycles. The molecule has 0 aliphatic carbocycles. The number of aliphatic carboxylic acids is 1. The number of carboxylic acids is 1. The van der Waals surface area contributed by atoms with E-state index in [4.69, 9.17) is 17.2 Å². The number of carbonyl (C=O) groups excluding carboxylic acids is 9. The number of amides is 9. The summed E-state index contributed by atoms with van der Waals surface area (Å²) in [5, 5.41) is 58.6. The highest BCUT2D eigenvalue weighted by molar-refractivity contribution is 5.98. The molecule has 398 valence electrons. The van der Waals surface area contributed by atoms with E-state index >= 15 is 0 Å². The van der Waals surface area contributed by atoms with E-state index in [-0.39, 0.29) is 44.6 Å². The normalized spacial score (nSPS) is 16.6. The van der Waals surface area contributed by atoms with Crippen LogP contribution in [0.4, 0.5) is 0 Å². The number of likely N-dealkylation sites (tertiary alicyclic amines) is 1. The van der Waals surface area contributed by atoms with E-state index in [2.05, 4.69) is 42.5 Å². The number of unbranched alkanes of at least 4 members (excludes halogenated alkanes) is 2. The molecule has 0 unspecified atom stereocenters. The number of carboxylic acid groups (broad SMARTS) is 1. The lowest BCUT2D eigenvalue weighted by molar-refractivity contribution is -0.143. The van der Waals surface area contributed by atoms with Gasteiger partial charge in [-0.3, -0.25) is 43.2 Å². The largest absolute Gasteiger partial charge is 0.508 e. The van der Waals surface area contributed by atoms with Crippen molar-refractivity contribution in [2.24, 2.45) is 23.1 Å². The summed E-state index contributed by atoms with van der Waals surface area (Å²) in [4.78, 5) is 133. The molecular formula is C45H74N12O14. The van der Waals surface area contributed by atoms with Crippen molar-refractivity contribution in [2.75, 3.05) is 45.9 Å². The predicted octanol–water partition coefficient (Wildman–Crippen LogP) is -5.21. The minimum atomic E-state index is -1.69. The first-order valence-corrected chi connectivity index (χ1v) is 23.8. The van der Waals surface area contributed by atoms with Gasteiger partial charge in [-0.05, 0) is 95.0 Å². The predicted molar refractivity (Wildman–Crippen MR) is 255 cm³/mol. The van der Waals surface area contributed by atoms with Gasteiger partial charge in [-0.15, -0.1) is 0 Å². The number of rotatable bonds is 32. The number of aliphatic hydroxyl groups is 2. The van der Waals surface area contributed by atoms with Crippen LogP contribution in [0, 0.1) is 5.92 Å². The van der Waals surface area contributed by atoms with Gasteiger partial charge in [-0.1, -0.05) is 32.4 Å². The smallest absolute Gasteiger partial charge is 0.328 e. The van der Waals surface area contributed by atoms with Gasteiger partial charge in [0, 0.05) is 13.0 Å². The topological polar surface area (TPSA) is 429 Å². The van der Waals surface area contributed by atoms with Crippen molar-refractivity contribution in [1.82, 2.24) is 47.4 Å². The Hall–Kier alpha value is -6.48. The Morgan fingerprint density at radius 3 is 1.69 bits per heavy atom. The Morgan fingerprint density at radius 2 is 1.18 bits per heavy atom. The summed E-state index contributed by atoms with van der Waals surface area (Å²) in [6, 6.07) is -5.01. The van der Waals surface area contributed by atoms with Crippen LogP contribution in [0.3, 0.4) is 0 Å². The van der Waals surface area contributed by atoms with Gasteiger partial charge in [-0.25, -0.2) is 4.79 Å². The zero-order valence-corrected chi connectivity index (χ0v) is 40.6. The van der Waals surface area contributed by atoms with Gasteiger partial charge in [-0.2, -0.15) is 0 Å². The maximum atomic E-state index is 14.1. The number of hydrogen-bond donors (Lipinski definition) is 15. The number of aromatic hydroxyl groups is 1. The van der Waals surface area contributed by atoms with E-state index in [1.165, 1.54) is 36.1 Å². The molecular weight excluding hydrogens is 933 g/mol. The van der Waals surface area contributed by atoms with Crippen LogP contribution in [0.1, 0.15) is 84.1 Å². The molecule has 0 radical (unpaired) electrons. The molecule has 26 nitrogen and oxygen atoms in total. The number of nitrogens with zero attached hydrogens (tertiary/aromatic N) is 1. The first-order valence-electron chi connectivity index (χ1n) is 23.8. The number of carbonyl (C=O) groups is 10. The number of nitrogens with one attached hydrogen (secondary N) is 8. The first kappa shape index (κ1) is 60.6. The minimum Gasteiger partial charge on any atom is -0.508 e. The quantitative estimate of drug-likeness (QED) is 0.0300. The highest BCUT2D eigenvalue weighted by Crippen LogP contribution is 2.18. The second-order valence-corrected chi connectivity index (χ2v) is 17.3. The molecule has 1 aromatic rings. The third-order valence-corrected chi connectivity index (χ3v) is 11.8. The highest BCUT2D eigenvalue weighted by Gasteiger charge is 2.36. The Labute approximate surface area is 412 Å². The zero-order valence-electron chi connectivity index (χ0n) is 40.6. The highest BCUT2D eigenvalue weighted by atomic mass is 16.4. The number of phenols is 1. The van der Waals surface area contributed by atoms with Gasteiger partial charge in [0.1, 0.15) is 54.1 Å². The molecule has 9 amide bonds. The number of nitrogens with two attached hydrogens (primary N) is 3. The number of aliphatic hydroxyl groups excluding tert-OH is 2. The lowest BCUT2D eigenvalue weighted by atomic mass is 9.96. The summed E-state index contributed by atoms with van der Waals surface area (Å²) in [7, 11) is 0. The van der Waals surface area contributed by atoms with E-state index in [0.717, 1.165) is 0 Å². The van der Waals surface area contributed by atoms with Crippen molar-refractivity contribution in [2.45, 2.75) is 133 Å². The number of hydrogen-bond acceptors (Lipinski definition) is 16. The van der Waals surface area contributed by atoms with Crippen LogP contribution in [0.25, 0.3) is 0 Å². The van der Waals surface area contributed by atoms with Gasteiger partial charge in [0.2, 0.25) is 53.2 Å². The molecule has 71 heavy (non-hydrogen) atoms. The molecule has 2 rings (SSSR count). The van der Waals surface area contributed by atoms with Crippen LogP contribution < -0.4 is 59.7 Å². The fraction of sp³-hybridized carbons (Fsp3) is 0.644. The summed E-state index contributed by atoms with van der Waals surface area (Å²) < 4.78 is 0. The van der Waals surface area contributed by atoms with Crippen LogP contribution in [-0.2, 0) is 54.4 Å². The molecule has 0 saturated carbocycles. The summed E-state index contributed by atoms with van der Waals surface area (Å²) >= 11 is 0. The summed E-state index contributed by atoms with van der Waals surface area (Å²) in [6.07, 6.45) is 2.63. The summed E-state index contributed by atoms with van der Waals surface area (Å²) in [5.41, 5.74) is 17.2. The van der Waals surface area contributed by atoms with Gasteiger partial charge >= 0.3 is 5.97 Å². The Balaban J connectivity index is 2.26. The van der Waals surface area contributed by atoms with Crippen molar-refractivity contribution < 1.29 is 68.4 Å². The van der Waals surface area contributed by atoms with Crippen molar-refractivity contribution in [3.05, 3.63) is 29.8 Å². The SMILES string of the molecule is CC[C@H](C)[C@H](NC(=O)[C@H](Cc1ccc(O)cc1)NC(=O)CNC(=O)[C@H](C)NC(=O)[C@@H]1CCCN1C(=O)CN)C(=O)N[C@@H](CO)C(=O)N[C@@H](CCCCN)C(=O)N[C@@H](CCCCN)C(=O)N[C@@H](CO)C(=O)O. The van der Waals surface area contributed by atoms with Crippen molar-refractivity contribution in [3.63, 3.8) is 0 Å². The minimum absolute atomic E-state index is 0.0105. The maximum Gasteiger partial charge on any atom is 0.328 e. The molecule has 18 N–H and O–H groups in total. The Bertz CT molecular complexity index is 1960. The molecule has 9 atom stereocenters. The monoisotopic (exact) mass is 1010 g/mol. The maximum absolute atomic E-state index is 14.1. The molecule has 1 aliphatic rings. The van der Waals surface area contributed by atoms with Crippen LogP contribution in [-0.4, -0.2) is 179 Å².